The van der Waals surface area contributed by atoms with Gasteiger partial charge in [-0.1, -0.05) is 133 Å². The first-order chi connectivity index (χ1) is 27.7. The number of hydrogen-bond donors (Lipinski definition) is 1. The van der Waals surface area contributed by atoms with Crippen LogP contribution in [0.1, 0.15) is 22.7 Å². The molecule has 0 saturated carbocycles. The lowest BCUT2D eigenvalue weighted by atomic mass is 9.98. The number of hydrogen-bond acceptors (Lipinski definition) is 2. The zero-order valence-corrected chi connectivity index (χ0v) is 30.5. The van der Waals surface area contributed by atoms with Crippen LogP contribution < -0.4 is 5.73 Å². The number of benzene rings is 9. The van der Waals surface area contributed by atoms with Crippen molar-refractivity contribution in [3.05, 3.63) is 211 Å². The van der Waals surface area contributed by atoms with Crippen molar-refractivity contribution in [1.29, 1.82) is 0 Å². The van der Waals surface area contributed by atoms with Gasteiger partial charge in [-0.3, -0.25) is 4.99 Å². The second-order valence-electron chi connectivity index (χ2n) is 14.6. The van der Waals surface area contributed by atoms with E-state index in [0.717, 1.165) is 39.1 Å². The molecule has 0 amide bonds. The van der Waals surface area contributed by atoms with E-state index in [1.807, 2.05) is 42.6 Å². The van der Waals surface area contributed by atoms with Crippen LogP contribution in [-0.4, -0.2) is 15.3 Å². The van der Waals surface area contributed by atoms with Gasteiger partial charge in [0.15, 0.2) is 0 Å². The molecule has 0 fully saturated rings. The second-order valence-corrected chi connectivity index (χ2v) is 14.6. The van der Waals surface area contributed by atoms with Gasteiger partial charge in [0.05, 0.1) is 33.8 Å². The van der Waals surface area contributed by atoms with Gasteiger partial charge in [-0.2, -0.15) is 0 Å². The number of nitrogens with zero attached hydrogens (tertiary/aromatic N) is 3. The summed E-state index contributed by atoms with van der Waals surface area (Å²) < 4.78 is 4.85. The average Bonchev–Trinajstić information content (AvgIpc) is 3.77. The van der Waals surface area contributed by atoms with E-state index in [9.17, 15) is 0 Å². The average molecular weight is 717 g/mol. The molecule has 2 aromatic heterocycles. The topological polar surface area (TPSA) is 48.2 Å². The highest BCUT2D eigenvalue weighted by molar-refractivity contribution is 6.25. The van der Waals surface area contributed by atoms with Gasteiger partial charge in [0, 0.05) is 39.1 Å². The minimum atomic E-state index is -0.254. The Morgan fingerprint density at radius 2 is 1.09 bits per heavy atom. The quantitative estimate of drug-likeness (QED) is 0.171. The maximum Gasteiger partial charge on any atom is 0.0681 e. The molecule has 11 rings (SSSR count). The van der Waals surface area contributed by atoms with Crippen molar-refractivity contribution in [2.45, 2.75) is 6.04 Å². The Morgan fingerprint density at radius 3 is 1.96 bits per heavy atom. The van der Waals surface area contributed by atoms with Gasteiger partial charge in [0.1, 0.15) is 0 Å². The summed E-state index contributed by atoms with van der Waals surface area (Å²) in [6.07, 6.45) is 1.94. The highest BCUT2D eigenvalue weighted by atomic mass is 15.0. The van der Waals surface area contributed by atoms with Crippen LogP contribution in [0.15, 0.2) is 199 Å². The molecule has 56 heavy (non-hydrogen) atoms. The molecule has 0 radical (unpaired) electrons. The summed E-state index contributed by atoms with van der Waals surface area (Å²) in [6, 6.07) is 69.0. The van der Waals surface area contributed by atoms with Crippen LogP contribution in [0.3, 0.4) is 0 Å². The largest absolute Gasteiger partial charge is 0.320 e. The number of fused-ring (bicyclic) bond motifs is 9. The van der Waals surface area contributed by atoms with Gasteiger partial charge in [0.2, 0.25) is 0 Å². The smallest absolute Gasteiger partial charge is 0.0681 e. The molecule has 2 heterocycles. The van der Waals surface area contributed by atoms with E-state index in [1.165, 1.54) is 59.8 Å². The summed E-state index contributed by atoms with van der Waals surface area (Å²) in [7, 11) is 0. The van der Waals surface area contributed by atoms with Gasteiger partial charge in [0.25, 0.3) is 0 Å². The second kappa shape index (κ2) is 12.9. The Balaban J connectivity index is 1.07. The Kier molecular flexibility index (Phi) is 7.44. The minimum absolute atomic E-state index is 0.254. The molecule has 4 heteroatoms. The lowest BCUT2D eigenvalue weighted by Gasteiger charge is -2.14. The fraction of sp³-hybridized carbons (Fsp3) is 0.0192. The molecule has 1 atom stereocenters. The Morgan fingerprint density at radius 1 is 0.429 bits per heavy atom. The van der Waals surface area contributed by atoms with Gasteiger partial charge < -0.3 is 14.9 Å². The van der Waals surface area contributed by atoms with E-state index in [-0.39, 0.29) is 6.04 Å². The standard InChI is InChI=1S/C52H36N4/c53-52(36-14-3-1-4-15-36)43-20-9-11-21-46(43)54-33-34-23-24-38-30-40(27-25-37(38)29-34)56-48-28-26-35-13-7-8-18-41(35)51(48)45-31-44-42-19-10-12-22-47(42)55(49(44)32-50(45)56)39-16-5-2-6-17-39/h1-33,52H,53H2. The van der Waals surface area contributed by atoms with E-state index in [4.69, 9.17) is 10.7 Å². The molecular formula is C52H36N4. The lowest BCUT2D eigenvalue weighted by Crippen LogP contribution is -2.11. The Hall–Kier alpha value is -7.27. The van der Waals surface area contributed by atoms with Crippen LogP contribution in [0, 0.1) is 0 Å². The van der Waals surface area contributed by atoms with Crippen molar-refractivity contribution in [3.8, 4) is 11.4 Å². The molecule has 0 aliphatic heterocycles. The van der Waals surface area contributed by atoms with Gasteiger partial charge in [-0.25, -0.2) is 0 Å². The van der Waals surface area contributed by atoms with Crippen LogP contribution in [0.2, 0.25) is 0 Å². The molecule has 0 aliphatic carbocycles. The Bertz CT molecular complexity index is 3320. The number of rotatable bonds is 6. The maximum absolute atomic E-state index is 6.71. The van der Waals surface area contributed by atoms with Gasteiger partial charge >= 0.3 is 0 Å². The molecule has 0 bridgehead atoms. The molecule has 264 valence electrons. The zero-order valence-electron chi connectivity index (χ0n) is 30.5. The first-order valence-electron chi connectivity index (χ1n) is 19.1. The number of nitrogens with two attached hydrogens (primary N) is 1. The third-order valence-corrected chi connectivity index (χ3v) is 11.4. The fourth-order valence-corrected chi connectivity index (χ4v) is 8.71. The van der Waals surface area contributed by atoms with Crippen molar-refractivity contribution in [3.63, 3.8) is 0 Å². The van der Waals surface area contributed by atoms with Crippen LogP contribution in [0.5, 0.6) is 0 Å². The number of para-hydroxylation sites is 3. The Labute approximate surface area is 324 Å². The third kappa shape index (κ3) is 5.15. The van der Waals surface area contributed by atoms with Crippen LogP contribution in [-0.2, 0) is 0 Å². The normalized spacial score (nSPS) is 12.6. The van der Waals surface area contributed by atoms with Crippen molar-refractivity contribution in [1.82, 2.24) is 9.13 Å². The maximum atomic E-state index is 6.71. The summed E-state index contributed by atoms with van der Waals surface area (Å²) in [5, 5.41) is 9.85. The molecule has 11 aromatic rings. The molecular weight excluding hydrogens is 681 g/mol. The van der Waals surface area contributed by atoms with E-state index in [0.29, 0.717) is 0 Å². The molecule has 0 aliphatic rings. The van der Waals surface area contributed by atoms with Gasteiger partial charge in [-0.05, 0) is 98.9 Å². The number of aromatic nitrogens is 2. The summed E-state index contributed by atoms with van der Waals surface area (Å²) in [5.41, 5.74) is 17.7. The lowest BCUT2D eigenvalue weighted by molar-refractivity contribution is 0.872. The van der Waals surface area contributed by atoms with Crippen molar-refractivity contribution < 1.29 is 0 Å². The monoisotopic (exact) mass is 716 g/mol. The van der Waals surface area contributed by atoms with Gasteiger partial charge in [-0.15, -0.1) is 0 Å². The first-order valence-corrected chi connectivity index (χ1v) is 19.1. The number of aliphatic imine (C=N–C) groups is 1. The summed E-state index contributed by atoms with van der Waals surface area (Å²) in [6.45, 7) is 0. The summed E-state index contributed by atoms with van der Waals surface area (Å²) in [4.78, 5) is 4.94. The summed E-state index contributed by atoms with van der Waals surface area (Å²) in [5.74, 6) is 0. The molecule has 1 unspecified atom stereocenters. The van der Waals surface area contributed by atoms with E-state index in [2.05, 4.69) is 167 Å². The highest BCUT2D eigenvalue weighted by Crippen LogP contribution is 2.42. The molecule has 4 nitrogen and oxygen atoms in total. The molecule has 9 aromatic carbocycles. The first kappa shape index (κ1) is 32.2. The SMILES string of the molecule is NC(c1ccccc1)c1ccccc1N=Cc1ccc2cc(-n3c4cc5c(cc4c4c6ccccc6ccc43)c3ccccc3n5-c3ccccc3)ccc2c1. The molecule has 2 N–H and O–H groups in total. The van der Waals surface area contributed by atoms with E-state index < -0.39 is 0 Å². The summed E-state index contributed by atoms with van der Waals surface area (Å²) >= 11 is 0. The molecule has 0 saturated heterocycles. The van der Waals surface area contributed by atoms with Crippen LogP contribution >= 0.6 is 0 Å². The highest BCUT2D eigenvalue weighted by Gasteiger charge is 2.20. The minimum Gasteiger partial charge on any atom is -0.320 e. The van der Waals surface area contributed by atoms with Crippen molar-refractivity contribution in [2.24, 2.45) is 10.7 Å². The fourth-order valence-electron chi connectivity index (χ4n) is 8.71. The van der Waals surface area contributed by atoms with Crippen molar-refractivity contribution >= 4 is 77.1 Å². The third-order valence-electron chi connectivity index (χ3n) is 11.4. The van der Waals surface area contributed by atoms with E-state index in [1.54, 1.807) is 0 Å². The van der Waals surface area contributed by atoms with E-state index >= 15 is 0 Å². The molecule has 0 spiro atoms. The van der Waals surface area contributed by atoms with Crippen LogP contribution in [0.4, 0.5) is 5.69 Å². The zero-order chi connectivity index (χ0) is 37.2. The van der Waals surface area contributed by atoms with Crippen molar-refractivity contribution in [2.75, 3.05) is 0 Å². The predicted molar refractivity (Wildman–Crippen MR) is 236 cm³/mol. The predicted octanol–water partition coefficient (Wildman–Crippen LogP) is 13.0. The van der Waals surface area contributed by atoms with Crippen LogP contribution in [0.25, 0.3) is 76.5 Å².